The van der Waals surface area contributed by atoms with Crippen LogP contribution in [0.5, 0.6) is 0 Å². The van der Waals surface area contributed by atoms with E-state index in [4.69, 9.17) is 0 Å². The van der Waals surface area contributed by atoms with Crippen LogP contribution in [0, 0.1) is 13.8 Å². The second-order valence-corrected chi connectivity index (χ2v) is 8.22. The van der Waals surface area contributed by atoms with Crippen molar-refractivity contribution >= 4 is 22.9 Å². The van der Waals surface area contributed by atoms with Crippen LogP contribution in [0.1, 0.15) is 34.7 Å². The Kier molecular flexibility index (Phi) is 5.76. The lowest BCUT2D eigenvalue weighted by Gasteiger charge is -2.19. The van der Waals surface area contributed by atoms with Gasteiger partial charge in [-0.1, -0.05) is 35.9 Å². The van der Waals surface area contributed by atoms with Crippen molar-refractivity contribution in [3.05, 3.63) is 95.4 Å². The number of anilines is 2. The highest BCUT2D eigenvalue weighted by molar-refractivity contribution is 5.91. The summed E-state index contributed by atoms with van der Waals surface area (Å²) in [6.07, 6.45) is 4.24. The van der Waals surface area contributed by atoms with Crippen LogP contribution in [0.2, 0.25) is 0 Å². The molecule has 5 nitrogen and oxygen atoms in total. The van der Waals surface area contributed by atoms with Gasteiger partial charge >= 0.3 is 0 Å². The van der Waals surface area contributed by atoms with Crippen molar-refractivity contribution in [1.29, 1.82) is 0 Å². The van der Waals surface area contributed by atoms with Crippen LogP contribution in [0.4, 0.5) is 11.4 Å². The maximum Gasteiger partial charge on any atom is 0.225 e. The second-order valence-electron chi connectivity index (χ2n) is 8.22. The van der Waals surface area contributed by atoms with Gasteiger partial charge in [-0.2, -0.15) is 0 Å². The van der Waals surface area contributed by atoms with E-state index in [0.29, 0.717) is 6.42 Å². The molecule has 0 saturated carbocycles. The molecule has 1 unspecified atom stereocenters. The molecule has 0 aliphatic heterocycles. The Bertz CT molecular complexity index is 1190. The number of hydrogen-bond donors (Lipinski definition) is 1. The summed E-state index contributed by atoms with van der Waals surface area (Å²) in [5.74, 6) is -0.133. The Morgan fingerprint density at radius 1 is 1.03 bits per heavy atom. The van der Waals surface area contributed by atoms with E-state index in [2.05, 4.69) is 56.9 Å². The number of imidazole rings is 1. The third kappa shape index (κ3) is 4.45. The molecule has 4 rings (SSSR count). The highest BCUT2D eigenvalue weighted by Crippen LogP contribution is 2.31. The zero-order chi connectivity index (χ0) is 22.0. The molecule has 4 aromatic rings. The number of aromatic nitrogens is 2. The first-order valence-electron chi connectivity index (χ1n) is 10.5. The molecule has 0 aliphatic rings. The molecular weight excluding hydrogens is 384 g/mol. The second kappa shape index (κ2) is 8.64. The van der Waals surface area contributed by atoms with Gasteiger partial charge in [-0.3, -0.25) is 4.79 Å². The molecule has 2 heterocycles. The van der Waals surface area contributed by atoms with Gasteiger partial charge in [0.2, 0.25) is 5.91 Å². The molecule has 0 saturated heterocycles. The molecule has 0 fully saturated rings. The Hall–Kier alpha value is -3.60. The van der Waals surface area contributed by atoms with Crippen molar-refractivity contribution in [2.24, 2.45) is 0 Å². The number of hydrogen-bond acceptors (Lipinski definition) is 3. The van der Waals surface area contributed by atoms with Gasteiger partial charge in [0.05, 0.1) is 5.69 Å². The maximum absolute atomic E-state index is 13.0. The number of carbonyl (C=O) groups is 1. The van der Waals surface area contributed by atoms with E-state index in [1.807, 2.05) is 63.7 Å². The average Bonchev–Trinajstić information content (AvgIpc) is 3.19. The van der Waals surface area contributed by atoms with Crippen LogP contribution in [-0.4, -0.2) is 29.4 Å². The summed E-state index contributed by atoms with van der Waals surface area (Å²) >= 11 is 0. The molecule has 1 amide bonds. The monoisotopic (exact) mass is 412 g/mol. The normalized spacial score (nSPS) is 12.0. The fourth-order valence-electron chi connectivity index (χ4n) is 3.86. The molecule has 1 N–H and O–H groups in total. The molecule has 1 atom stereocenters. The fourth-order valence-corrected chi connectivity index (χ4v) is 3.86. The van der Waals surface area contributed by atoms with E-state index in [-0.39, 0.29) is 11.8 Å². The molecule has 2 aromatic heterocycles. The molecule has 0 bridgehead atoms. The molecule has 31 heavy (non-hydrogen) atoms. The lowest BCUT2D eigenvalue weighted by molar-refractivity contribution is -0.116. The molecular formula is C26H28N4O. The Morgan fingerprint density at radius 3 is 2.42 bits per heavy atom. The van der Waals surface area contributed by atoms with Crippen molar-refractivity contribution in [2.75, 3.05) is 24.3 Å². The van der Waals surface area contributed by atoms with Gasteiger partial charge in [0.1, 0.15) is 5.65 Å². The zero-order valence-corrected chi connectivity index (χ0v) is 18.5. The fraction of sp³-hybridized carbons (Fsp3) is 0.231. The van der Waals surface area contributed by atoms with Gasteiger partial charge in [-0.15, -0.1) is 0 Å². The first-order valence-corrected chi connectivity index (χ1v) is 10.5. The number of aryl methyl sites for hydroxylation is 2. The van der Waals surface area contributed by atoms with Crippen LogP contribution >= 0.6 is 0 Å². The third-order valence-corrected chi connectivity index (χ3v) is 5.65. The van der Waals surface area contributed by atoms with Gasteiger partial charge in [-0.25, -0.2) is 4.98 Å². The Labute approximate surface area is 183 Å². The van der Waals surface area contributed by atoms with E-state index < -0.39 is 0 Å². The van der Waals surface area contributed by atoms with Crippen LogP contribution < -0.4 is 10.2 Å². The highest BCUT2D eigenvalue weighted by atomic mass is 16.1. The third-order valence-electron chi connectivity index (χ3n) is 5.65. The van der Waals surface area contributed by atoms with Crippen molar-refractivity contribution in [1.82, 2.24) is 9.38 Å². The first-order chi connectivity index (χ1) is 14.9. The van der Waals surface area contributed by atoms with Crippen molar-refractivity contribution in [3.8, 4) is 0 Å². The largest absolute Gasteiger partial charge is 0.378 e. The standard InChI is InChI=1S/C26H28N4O/c1-18-7-11-21(12-8-18)28-25(31)16-23(20-9-13-22(14-10-20)29(3)4)24-17-27-26-19(2)6-5-15-30(24)26/h5-15,17,23H,16H2,1-4H3,(H,28,31). The van der Waals surface area contributed by atoms with Crippen LogP contribution in [0.25, 0.3) is 5.65 Å². The summed E-state index contributed by atoms with van der Waals surface area (Å²) in [4.78, 5) is 19.7. The van der Waals surface area contributed by atoms with Crippen LogP contribution in [0.3, 0.4) is 0 Å². The summed E-state index contributed by atoms with van der Waals surface area (Å²) in [6.45, 7) is 4.09. The molecule has 0 aliphatic carbocycles. The molecule has 5 heteroatoms. The van der Waals surface area contributed by atoms with Crippen LogP contribution in [-0.2, 0) is 4.79 Å². The molecule has 2 aromatic carbocycles. The zero-order valence-electron chi connectivity index (χ0n) is 18.5. The lowest BCUT2D eigenvalue weighted by atomic mass is 9.92. The number of rotatable bonds is 6. The number of amides is 1. The smallest absolute Gasteiger partial charge is 0.225 e. The topological polar surface area (TPSA) is 49.6 Å². The minimum atomic E-state index is -0.113. The van der Waals surface area contributed by atoms with E-state index in [0.717, 1.165) is 39.4 Å². The van der Waals surface area contributed by atoms with Gasteiger partial charge in [-0.05, 0) is 55.3 Å². The number of fused-ring (bicyclic) bond motifs is 1. The summed E-state index contributed by atoms with van der Waals surface area (Å²) < 4.78 is 2.10. The van der Waals surface area contributed by atoms with E-state index >= 15 is 0 Å². The molecule has 158 valence electrons. The highest BCUT2D eigenvalue weighted by Gasteiger charge is 2.22. The number of nitrogens with zero attached hydrogens (tertiary/aromatic N) is 3. The van der Waals surface area contributed by atoms with E-state index in [9.17, 15) is 4.79 Å². The number of carbonyl (C=O) groups excluding carboxylic acids is 1. The predicted octanol–water partition coefficient (Wildman–Crippen LogP) is 5.18. The molecule has 0 spiro atoms. The molecule has 0 radical (unpaired) electrons. The van der Waals surface area contributed by atoms with Gasteiger partial charge in [0.25, 0.3) is 0 Å². The van der Waals surface area contributed by atoms with Gasteiger partial charge in [0.15, 0.2) is 0 Å². The minimum Gasteiger partial charge on any atom is -0.378 e. The van der Waals surface area contributed by atoms with Gasteiger partial charge in [0, 0.05) is 50.2 Å². The summed E-state index contributed by atoms with van der Waals surface area (Å²) in [7, 11) is 4.05. The number of benzene rings is 2. The summed E-state index contributed by atoms with van der Waals surface area (Å²) in [5, 5.41) is 3.04. The first kappa shape index (κ1) is 20.7. The van der Waals surface area contributed by atoms with E-state index in [1.165, 1.54) is 0 Å². The maximum atomic E-state index is 13.0. The Balaban J connectivity index is 1.69. The van der Waals surface area contributed by atoms with Crippen molar-refractivity contribution < 1.29 is 4.79 Å². The Morgan fingerprint density at radius 2 is 1.74 bits per heavy atom. The predicted molar refractivity (Wildman–Crippen MR) is 127 cm³/mol. The minimum absolute atomic E-state index is 0.0202. The van der Waals surface area contributed by atoms with Gasteiger partial charge < -0.3 is 14.6 Å². The average molecular weight is 413 g/mol. The number of nitrogens with one attached hydrogen (secondary N) is 1. The van der Waals surface area contributed by atoms with Crippen molar-refractivity contribution in [3.63, 3.8) is 0 Å². The van der Waals surface area contributed by atoms with Crippen molar-refractivity contribution in [2.45, 2.75) is 26.2 Å². The SMILES string of the molecule is Cc1ccc(NC(=O)CC(c2ccc(N(C)C)cc2)c2cnc3c(C)cccn23)cc1. The van der Waals surface area contributed by atoms with E-state index in [1.54, 1.807) is 0 Å². The summed E-state index contributed by atoms with van der Waals surface area (Å²) in [6, 6.07) is 20.3. The van der Waals surface area contributed by atoms with Crippen LogP contribution in [0.15, 0.2) is 73.1 Å². The number of pyridine rings is 1. The quantitative estimate of drug-likeness (QED) is 0.475. The summed E-state index contributed by atoms with van der Waals surface area (Å²) in [5.41, 5.74) is 7.24. The lowest BCUT2D eigenvalue weighted by Crippen LogP contribution is -2.17.